The van der Waals surface area contributed by atoms with E-state index in [0.29, 0.717) is 17.2 Å². The summed E-state index contributed by atoms with van der Waals surface area (Å²) in [4.78, 5) is 17.4. The van der Waals surface area contributed by atoms with E-state index in [1.54, 1.807) is 0 Å². The molecule has 2 aliphatic rings. The molecule has 0 aromatic heterocycles. The van der Waals surface area contributed by atoms with Gasteiger partial charge in [-0.2, -0.15) is 0 Å². The van der Waals surface area contributed by atoms with Crippen molar-refractivity contribution in [2.45, 2.75) is 105 Å². The molecule has 0 saturated carbocycles. The van der Waals surface area contributed by atoms with Crippen LogP contribution in [-0.2, 0) is 4.79 Å². The highest BCUT2D eigenvalue weighted by Crippen LogP contribution is 2.41. The van der Waals surface area contributed by atoms with E-state index >= 15 is 0 Å². The monoisotopic (exact) mass is 392 g/mol. The van der Waals surface area contributed by atoms with Gasteiger partial charge in [-0.1, -0.05) is 79.1 Å². The van der Waals surface area contributed by atoms with Crippen molar-refractivity contribution in [3.63, 3.8) is 0 Å². The van der Waals surface area contributed by atoms with Crippen molar-refractivity contribution in [1.29, 1.82) is 0 Å². The SMILES string of the molecule is CCCCCCC(C)CN1CCC2(CC1)CN(C(=O)C[C@H](C)CCCCC)C2. The highest BCUT2D eigenvalue weighted by atomic mass is 16.2. The van der Waals surface area contributed by atoms with Gasteiger partial charge in [-0.05, 0) is 44.2 Å². The predicted molar refractivity (Wildman–Crippen MR) is 121 cm³/mol. The summed E-state index contributed by atoms with van der Waals surface area (Å²) in [6.45, 7) is 15.1. The highest BCUT2D eigenvalue weighted by Gasteiger charge is 2.46. The molecule has 3 heteroatoms. The van der Waals surface area contributed by atoms with E-state index in [0.717, 1.165) is 25.4 Å². The Morgan fingerprint density at radius 3 is 2.07 bits per heavy atom. The molecule has 164 valence electrons. The number of nitrogens with zero attached hydrogens (tertiary/aromatic N) is 2. The van der Waals surface area contributed by atoms with Crippen LogP contribution in [0.3, 0.4) is 0 Å². The third-order valence-electron chi connectivity index (χ3n) is 7.27. The molecule has 28 heavy (non-hydrogen) atoms. The average Bonchev–Trinajstić information content (AvgIpc) is 2.64. The Labute approximate surface area is 175 Å². The van der Waals surface area contributed by atoms with E-state index in [4.69, 9.17) is 0 Å². The van der Waals surface area contributed by atoms with Crippen LogP contribution in [0.2, 0.25) is 0 Å². The van der Waals surface area contributed by atoms with Gasteiger partial charge in [-0.15, -0.1) is 0 Å². The molecule has 2 fully saturated rings. The maximum atomic E-state index is 12.6. The first kappa shape index (κ1) is 23.7. The third kappa shape index (κ3) is 7.69. The number of hydrogen-bond acceptors (Lipinski definition) is 2. The van der Waals surface area contributed by atoms with Gasteiger partial charge in [0.05, 0.1) is 0 Å². The van der Waals surface area contributed by atoms with Crippen molar-refractivity contribution in [2.75, 3.05) is 32.7 Å². The molecular weight excluding hydrogens is 344 g/mol. The number of carbonyl (C=O) groups is 1. The molecule has 1 unspecified atom stereocenters. The molecule has 2 aliphatic heterocycles. The first-order valence-electron chi connectivity index (χ1n) is 12.5. The Balaban J connectivity index is 1.59. The van der Waals surface area contributed by atoms with Gasteiger partial charge >= 0.3 is 0 Å². The highest BCUT2D eigenvalue weighted by molar-refractivity contribution is 5.77. The molecule has 2 saturated heterocycles. The zero-order valence-corrected chi connectivity index (χ0v) is 19.5. The normalized spacial score (nSPS) is 21.5. The Hall–Kier alpha value is -0.570. The molecule has 2 rings (SSSR count). The average molecular weight is 393 g/mol. The van der Waals surface area contributed by atoms with Crippen LogP contribution >= 0.6 is 0 Å². The van der Waals surface area contributed by atoms with Gasteiger partial charge in [-0.25, -0.2) is 0 Å². The second-order valence-electron chi connectivity index (χ2n) is 10.3. The minimum atomic E-state index is 0.415. The third-order valence-corrected chi connectivity index (χ3v) is 7.27. The number of unbranched alkanes of at least 4 members (excludes halogenated alkanes) is 5. The van der Waals surface area contributed by atoms with Crippen LogP contribution in [0.4, 0.5) is 0 Å². The van der Waals surface area contributed by atoms with Crippen LogP contribution in [0.15, 0.2) is 0 Å². The lowest BCUT2D eigenvalue weighted by molar-refractivity contribution is -0.147. The molecule has 0 radical (unpaired) electrons. The molecule has 2 heterocycles. The van der Waals surface area contributed by atoms with Crippen LogP contribution in [0.5, 0.6) is 0 Å². The van der Waals surface area contributed by atoms with Crippen LogP contribution in [0.25, 0.3) is 0 Å². The van der Waals surface area contributed by atoms with E-state index in [1.165, 1.54) is 90.3 Å². The van der Waals surface area contributed by atoms with Crippen molar-refractivity contribution < 1.29 is 4.79 Å². The molecule has 3 nitrogen and oxygen atoms in total. The van der Waals surface area contributed by atoms with Crippen molar-refractivity contribution in [2.24, 2.45) is 17.3 Å². The van der Waals surface area contributed by atoms with Gasteiger partial charge in [0, 0.05) is 31.5 Å². The zero-order valence-electron chi connectivity index (χ0n) is 19.5. The molecule has 0 aliphatic carbocycles. The summed E-state index contributed by atoms with van der Waals surface area (Å²) >= 11 is 0. The van der Waals surface area contributed by atoms with E-state index in [1.807, 2.05) is 0 Å². The number of amides is 1. The molecule has 0 N–H and O–H groups in total. The Bertz CT molecular complexity index is 434. The van der Waals surface area contributed by atoms with Crippen molar-refractivity contribution in [3.05, 3.63) is 0 Å². The lowest BCUT2D eigenvalue weighted by atomic mass is 9.71. The summed E-state index contributed by atoms with van der Waals surface area (Å²) in [6, 6.07) is 0. The van der Waals surface area contributed by atoms with E-state index in [9.17, 15) is 4.79 Å². The van der Waals surface area contributed by atoms with E-state index < -0.39 is 0 Å². The molecular formula is C25H48N2O. The molecule has 0 bridgehead atoms. The Kier molecular flexibility index (Phi) is 10.3. The summed E-state index contributed by atoms with van der Waals surface area (Å²) in [6.07, 6.45) is 15.4. The smallest absolute Gasteiger partial charge is 0.222 e. The van der Waals surface area contributed by atoms with Crippen LogP contribution < -0.4 is 0 Å². The number of rotatable bonds is 13. The maximum Gasteiger partial charge on any atom is 0.222 e. The summed E-state index contributed by atoms with van der Waals surface area (Å²) in [5.74, 6) is 1.80. The predicted octanol–water partition coefficient (Wildman–Crippen LogP) is 6.12. The zero-order chi connectivity index (χ0) is 20.4. The molecule has 2 atom stereocenters. The Morgan fingerprint density at radius 2 is 1.43 bits per heavy atom. The minimum absolute atomic E-state index is 0.415. The van der Waals surface area contributed by atoms with Crippen LogP contribution in [0.1, 0.15) is 105 Å². The van der Waals surface area contributed by atoms with Gasteiger partial charge < -0.3 is 9.80 Å². The van der Waals surface area contributed by atoms with E-state index in [-0.39, 0.29) is 0 Å². The molecule has 0 aromatic rings. The summed E-state index contributed by atoms with van der Waals surface area (Å²) in [5, 5.41) is 0. The second-order valence-corrected chi connectivity index (χ2v) is 10.3. The summed E-state index contributed by atoms with van der Waals surface area (Å²) in [7, 11) is 0. The first-order chi connectivity index (χ1) is 13.5. The summed E-state index contributed by atoms with van der Waals surface area (Å²) < 4.78 is 0. The molecule has 1 amide bonds. The fourth-order valence-corrected chi connectivity index (χ4v) is 5.19. The number of carbonyl (C=O) groups excluding carboxylic acids is 1. The quantitative estimate of drug-likeness (QED) is 0.352. The molecule has 0 aromatic carbocycles. The lowest BCUT2D eigenvalue weighted by Gasteiger charge is -2.54. The van der Waals surface area contributed by atoms with Crippen molar-refractivity contribution in [3.8, 4) is 0 Å². The van der Waals surface area contributed by atoms with Crippen molar-refractivity contribution >= 4 is 5.91 Å². The topological polar surface area (TPSA) is 23.6 Å². The van der Waals surface area contributed by atoms with Gasteiger partial charge in [0.2, 0.25) is 5.91 Å². The maximum absolute atomic E-state index is 12.6. The second kappa shape index (κ2) is 12.2. The minimum Gasteiger partial charge on any atom is -0.341 e. The van der Waals surface area contributed by atoms with Gasteiger partial charge in [0.25, 0.3) is 0 Å². The first-order valence-corrected chi connectivity index (χ1v) is 12.5. The fraction of sp³-hybridized carbons (Fsp3) is 0.960. The number of hydrogen-bond donors (Lipinski definition) is 0. The van der Waals surface area contributed by atoms with Gasteiger partial charge in [0.1, 0.15) is 0 Å². The standard InChI is InChI=1S/C25H48N2O/c1-5-7-9-11-13-23(4)19-26-16-14-25(15-17-26)20-27(21-25)24(28)18-22(3)12-10-8-6-2/h22-23H,5-21H2,1-4H3/t22-,23?/m1/s1. The van der Waals surface area contributed by atoms with E-state index in [2.05, 4.69) is 37.5 Å². The van der Waals surface area contributed by atoms with Crippen molar-refractivity contribution in [1.82, 2.24) is 9.80 Å². The van der Waals surface area contributed by atoms with Gasteiger partial charge in [-0.3, -0.25) is 4.79 Å². The number of piperidine rings is 1. The largest absolute Gasteiger partial charge is 0.341 e. The molecule has 1 spiro atoms. The van der Waals surface area contributed by atoms with Crippen LogP contribution in [0, 0.1) is 17.3 Å². The Morgan fingerprint density at radius 1 is 0.857 bits per heavy atom. The summed E-state index contributed by atoms with van der Waals surface area (Å²) in [5.41, 5.74) is 0.460. The van der Waals surface area contributed by atoms with Crippen LogP contribution in [-0.4, -0.2) is 48.4 Å². The fourth-order valence-electron chi connectivity index (χ4n) is 5.19. The number of likely N-dealkylation sites (tertiary alicyclic amines) is 2. The van der Waals surface area contributed by atoms with Gasteiger partial charge in [0.15, 0.2) is 0 Å². The lowest BCUT2D eigenvalue weighted by Crippen LogP contribution is -2.62.